The lowest BCUT2D eigenvalue weighted by Crippen LogP contribution is -1.89. The van der Waals surface area contributed by atoms with Gasteiger partial charge in [-0.3, -0.25) is 0 Å². The topological polar surface area (TPSA) is 49.7 Å². The minimum Gasteiger partial charge on any atom is -0.328 e. The second-order valence-electron chi connectivity index (χ2n) is 11.7. The zero-order valence-electron chi connectivity index (χ0n) is 25.4. The summed E-state index contributed by atoms with van der Waals surface area (Å²) in [7, 11) is -2.15. The van der Waals surface area contributed by atoms with Crippen LogP contribution in [0.3, 0.4) is 0 Å². The van der Waals surface area contributed by atoms with E-state index in [9.17, 15) is 0 Å². The Morgan fingerprint density at radius 1 is 0.324 bits per heavy atom. The molecule has 0 heterocycles. The summed E-state index contributed by atoms with van der Waals surface area (Å²) in [6.45, 7) is 2.79. The van der Waals surface area contributed by atoms with Crippen molar-refractivity contribution in [3.8, 4) is 0 Å². The van der Waals surface area contributed by atoms with E-state index in [4.69, 9.17) is 14.3 Å². The van der Waals surface area contributed by atoms with Crippen molar-refractivity contribution in [2.75, 3.05) is 6.61 Å². The van der Waals surface area contributed by atoms with Gasteiger partial charge in [0, 0.05) is 0 Å². The van der Waals surface area contributed by atoms with Gasteiger partial charge in [-0.05, 0) is 6.42 Å². The summed E-state index contributed by atoms with van der Waals surface area (Å²) >= 11 is 0. The van der Waals surface area contributed by atoms with Gasteiger partial charge in [0.25, 0.3) is 0 Å². The van der Waals surface area contributed by atoms with Crippen LogP contribution in [0.4, 0.5) is 0 Å². The van der Waals surface area contributed by atoms with Crippen molar-refractivity contribution in [3.05, 3.63) is 0 Å². The first-order chi connectivity index (χ1) is 18.3. The fourth-order valence-corrected chi connectivity index (χ4v) is 5.74. The highest BCUT2D eigenvalue weighted by Crippen LogP contribution is 2.24. The molecule has 0 bridgehead atoms. The molecule has 224 valence electrons. The van der Waals surface area contributed by atoms with E-state index in [0.717, 1.165) is 12.8 Å². The van der Waals surface area contributed by atoms with Crippen LogP contribution in [0.1, 0.15) is 206 Å². The highest BCUT2D eigenvalue weighted by atomic mass is 31.2. The Bertz CT molecular complexity index is 392. The van der Waals surface area contributed by atoms with E-state index in [0.29, 0.717) is 6.61 Å². The third-order valence-corrected chi connectivity index (χ3v) is 8.37. The standard InChI is InChI=1S/C33H69O3P/c1-2-3-4-5-6-7-8-9-10-11-12-13-14-15-16-17-18-19-20-21-22-23-24-25-26-27-28-29-30-31-32-33-36-37(34)35/h34-35H,2-33H2,1H3. The Kier molecular flexibility index (Phi) is 34.6. The van der Waals surface area contributed by atoms with Gasteiger partial charge in [-0.15, -0.1) is 0 Å². The quantitative estimate of drug-likeness (QED) is 0.0638. The van der Waals surface area contributed by atoms with Crippen LogP contribution in [0.25, 0.3) is 0 Å². The van der Waals surface area contributed by atoms with Crippen LogP contribution in [0.2, 0.25) is 0 Å². The Hall–Kier alpha value is 0.310. The third-order valence-electron chi connectivity index (χ3n) is 7.95. The maximum atomic E-state index is 8.66. The summed E-state index contributed by atoms with van der Waals surface area (Å²) < 4.78 is 4.78. The molecule has 0 radical (unpaired) electrons. The molecule has 4 heteroatoms. The summed E-state index contributed by atoms with van der Waals surface area (Å²) in [4.78, 5) is 17.3. The zero-order valence-corrected chi connectivity index (χ0v) is 26.3. The Labute approximate surface area is 235 Å². The monoisotopic (exact) mass is 544 g/mol. The van der Waals surface area contributed by atoms with Gasteiger partial charge < -0.3 is 14.3 Å². The highest BCUT2D eigenvalue weighted by Gasteiger charge is 1.99. The third kappa shape index (κ3) is 36.3. The second kappa shape index (κ2) is 34.3. The van der Waals surface area contributed by atoms with Crippen molar-refractivity contribution in [2.24, 2.45) is 0 Å². The number of hydrogen-bond donors (Lipinski definition) is 2. The molecule has 0 atom stereocenters. The Balaban J connectivity index is 3.01. The van der Waals surface area contributed by atoms with Crippen LogP contribution < -0.4 is 0 Å². The average molecular weight is 545 g/mol. The number of rotatable bonds is 33. The predicted molar refractivity (Wildman–Crippen MR) is 166 cm³/mol. The minimum atomic E-state index is -2.15. The van der Waals surface area contributed by atoms with E-state index in [1.165, 1.54) is 186 Å². The average Bonchev–Trinajstić information content (AvgIpc) is 2.89. The molecule has 0 saturated heterocycles. The van der Waals surface area contributed by atoms with E-state index in [-0.39, 0.29) is 0 Å². The predicted octanol–water partition coefficient (Wildman–Crippen LogP) is 12.3. The first kappa shape index (κ1) is 37.3. The summed E-state index contributed by atoms with van der Waals surface area (Å²) in [6, 6.07) is 0. The molecule has 0 aromatic carbocycles. The Morgan fingerprint density at radius 3 is 0.703 bits per heavy atom. The molecule has 0 aromatic rings. The lowest BCUT2D eigenvalue weighted by molar-refractivity contribution is 0.248. The summed E-state index contributed by atoms with van der Waals surface area (Å²) in [5.41, 5.74) is 0. The molecule has 3 nitrogen and oxygen atoms in total. The van der Waals surface area contributed by atoms with Gasteiger partial charge >= 0.3 is 8.60 Å². The van der Waals surface area contributed by atoms with E-state index < -0.39 is 8.60 Å². The molecule has 0 aliphatic rings. The van der Waals surface area contributed by atoms with Crippen LogP contribution in [0.5, 0.6) is 0 Å². The molecule has 0 amide bonds. The van der Waals surface area contributed by atoms with E-state index in [1.54, 1.807) is 0 Å². The molecule has 0 aromatic heterocycles. The van der Waals surface area contributed by atoms with Crippen molar-refractivity contribution < 1.29 is 14.3 Å². The molecular weight excluding hydrogens is 475 g/mol. The SMILES string of the molecule is CCCCCCCCCCCCCCCCCCCCCCCCCCCCCCCCCOP(O)O. The molecule has 37 heavy (non-hydrogen) atoms. The fourth-order valence-electron chi connectivity index (χ4n) is 5.45. The largest absolute Gasteiger partial charge is 0.328 e. The van der Waals surface area contributed by atoms with Gasteiger partial charge in [0.15, 0.2) is 0 Å². The smallest absolute Gasteiger partial charge is 0.327 e. The van der Waals surface area contributed by atoms with E-state index >= 15 is 0 Å². The van der Waals surface area contributed by atoms with Crippen LogP contribution in [-0.2, 0) is 4.52 Å². The molecule has 0 rings (SSSR count). The van der Waals surface area contributed by atoms with Gasteiger partial charge in [0.2, 0.25) is 0 Å². The summed E-state index contributed by atoms with van der Waals surface area (Å²) in [6.07, 6.45) is 43.8. The van der Waals surface area contributed by atoms with Crippen molar-refractivity contribution in [3.63, 3.8) is 0 Å². The van der Waals surface area contributed by atoms with Gasteiger partial charge in [0.1, 0.15) is 0 Å². The zero-order chi connectivity index (χ0) is 26.9. The van der Waals surface area contributed by atoms with Crippen LogP contribution in [0, 0.1) is 0 Å². The molecule has 0 unspecified atom stereocenters. The van der Waals surface area contributed by atoms with Gasteiger partial charge in [-0.25, -0.2) is 0 Å². The fraction of sp³-hybridized carbons (Fsp3) is 1.00. The van der Waals surface area contributed by atoms with Crippen molar-refractivity contribution in [1.29, 1.82) is 0 Å². The maximum absolute atomic E-state index is 8.66. The van der Waals surface area contributed by atoms with Crippen molar-refractivity contribution >= 4 is 8.60 Å². The van der Waals surface area contributed by atoms with Crippen LogP contribution in [-0.4, -0.2) is 16.4 Å². The first-order valence-corrected chi connectivity index (χ1v) is 18.2. The molecule has 0 aliphatic heterocycles. The molecule has 2 N–H and O–H groups in total. The van der Waals surface area contributed by atoms with Crippen molar-refractivity contribution in [2.45, 2.75) is 206 Å². The highest BCUT2D eigenvalue weighted by molar-refractivity contribution is 7.39. The summed E-state index contributed by atoms with van der Waals surface area (Å²) in [5.74, 6) is 0. The number of hydrogen-bond acceptors (Lipinski definition) is 3. The normalized spacial score (nSPS) is 11.7. The molecule has 0 saturated carbocycles. The lowest BCUT2D eigenvalue weighted by atomic mass is 10.0. The molecular formula is C33H69O3P. The summed E-state index contributed by atoms with van der Waals surface area (Å²) in [5, 5.41) is 0. The van der Waals surface area contributed by atoms with Gasteiger partial charge in [0.05, 0.1) is 6.61 Å². The Morgan fingerprint density at radius 2 is 0.514 bits per heavy atom. The molecule has 0 spiro atoms. The van der Waals surface area contributed by atoms with Gasteiger partial charge in [-0.1, -0.05) is 200 Å². The number of unbranched alkanes of at least 4 members (excludes halogenated alkanes) is 30. The molecule has 0 aliphatic carbocycles. The van der Waals surface area contributed by atoms with E-state index in [2.05, 4.69) is 6.92 Å². The van der Waals surface area contributed by atoms with Crippen LogP contribution in [0.15, 0.2) is 0 Å². The van der Waals surface area contributed by atoms with Gasteiger partial charge in [-0.2, -0.15) is 0 Å². The first-order valence-electron chi connectivity index (χ1n) is 17.1. The van der Waals surface area contributed by atoms with Crippen LogP contribution >= 0.6 is 8.60 Å². The second-order valence-corrected chi connectivity index (χ2v) is 12.5. The van der Waals surface area contributed by atoms with E-state index in [1.807, 2.05) is 0 Å². The minimum absolute atomic E-state index is 0.484. The molecule has 0 fully saturated rings. The lowest BCUT2D eigenvalue weighted by Gasteiger charge is -2.05. The maximum Gasteiger partial charge on any atom is 0.327 e. The van der Waals surface area contributed by atoms with Crippen molar-refractivity contribution in [1.82, 2.24) is 0 Å².